The zero-order chi connectivity index (χ0) is 27.3. The third kappa shape index (κ3) is 7.09. The molecule has 3 saturated heterocycles. The summed E-state index contributed by atoms with van der Waals surface area (Å²) in [5.41, 5.74) is 1.21. The molecule has 8 heteroatoms. The Morgan fingerprint density at radius 3 is 2.45 bits per heavy atom. The third-order valence-electron chi connectivity index (χ3n) is 9.85. The fourth-order valence-electron chi connectivity index (χ4n) is 7.36. The summed E-state index contributed by atoms with van der Waals surface area (Å²) in [5, 5.41) is 45.0. The van der Waals surface area contributed by atoms with Crippen molar-refractivity contribution in [1.82, 2.24) is 5.32 Å². The lowest BCUT2D eigenvalue weighted by atomic mass is 9.80. The molecule has 6 rings (SSSR count). The number of aliphatic hydroxyl groups is 3. The van der Waals surface area contributed by atoms with Crippen LogP contribution in [-0.4, -0.2) is 76.9 Å². The Bertz CT molecular complexity index is 1060. The molecule has 2 aromatic rings. The lowest BCUT2D eigenvalue weighted by molar-refractivity contribution is -0.946. The van der Waals surface area contributed by atoms with E-state index >= 15 is 0 Å². The second kappa shape index (κ2) is 14.1. The van der Waals surface area contributed by atoms with Gasteiger partial charge in [-0.05, 0) is 42.0 Å². The van der Waals surface area contributed by atoms with Crippen LogP contribution in [0.1, 0.15) is 67.7 Å². The summed E-state index contributed by atoms with van der Waals surface area (Å²) in [7, 11) is 0. The van der Waals surface area contributed by atoms with Gasteiger partial charge in [-0.2, -0.15) is 0 Å². The van der Waals surface area contributed by atoms with E-state index in [0.29, 0.717) is 30.2 Å². The largest absolute Gasteiger partial charge is 0.508 e. The standard InChI is InChI=1S/C32H46N2O5.BrH/c35-22-26-19-25(11-12-29(26)36)30(37)20-33-15-6-16-34-17-13-24(14-18-34)31(21-34)39-23-32(38,28-9-4-5-10-28)27-7-2-1-3-8-27;/h1-3,7-8,11-12,19,24,28,30-31,33,35,37-38H,4-6,9-10,13-18,20-23H2;1H/p+1/t24?,30-,31-,32+,34?;/m0./s1. The number of piperidine rings is 3. The lowest BCUT2D eigenvalue weighted by Crippen LogP contribution is -2.65. The van der Waals surface area contributed by atoms with Gasteiger partial charge in [-0.3, -0.25) is 0 Å². The number of hydrogen-bond donors (Lipinski definition) is 5. The molecule has 0 unspecified atom stereocenters. The summed E-state index contributed by atoms with van der Waals surface area (Å²) in [6.07, 6.45) is 7.45. The second-order valence-corrected chi connectivity index (χ2v) is 12.3. The van der Waals surface area contributed by atoms with Crippen molar-refractivity contribution in [3.63, 3.8) is 0 Å². The summed E-state index contributed by atoms with van der Waals surface area (Å²) in [4.78, 5) is 0. The highest BCUT2D eigenvalue weighted by Gasteiger charge is 2.48. The lowest BCUT2D eigenvalue weighted by Gasteiger charge is -2.53. The van der Waals surface area contributed by atoms with Crippen molar-refractivity contribution in [2.75, 3.05) is 45.9 Å². The number of ether oxygens (including phenoxy) is 1. The Morgan fingerprint density at radius 1 is 1.02 bits per heavy atom. The van der Waals surface area contributed by atoms with Crippen LogP contribution < -0.4 is 5.32 Å². The van der Waals surface area contributed by atoms with Crippen LogP contribution in [0.5, 0.6) is 5.75 Å². The molecule has 2 aromatic carbocycles. The Balaban J connectivity index is 0.00000370. The number of hydrogen-bond acceptors (Lipinski definition) is 6. The number of quaternary nitrogens is 1. The van der Waals surface area contributed by atoms with Crippen molar-refractivity contribution in [3.05, 3.63) is 65.2 Å². The maximum Gasteiger partial charge on any atom is 0.121 e. The van der Waals surface area contributed by atoms with Crippen LogP contribution in [0.3, 0.4) is 0 Å². The molecular weight excluding hydrogens is 572 g/mol. The Kier molecular flexibility index (Phi) is 11.1. The zero-order valence-corrected chi connectivity index (χ0v) is 25.3. The van der Waals surface area contributed by atoms with Gasteiger partial charge >= 0.3 is 0 Å². The van der Waals surface area contributed by atoms with Crippen LogP contribution in [0, 0.1) is 11.8 Å². The SMILES string of the molecule is Br.OCc1cc([C@@H](O)CNCCC[N+]23CCC(CC2)[C@@H](OC[C@@](O)(c2ccccc2)C2CCCC2)C3)ccc1O. The molecule has 5 N–H and O–H groups in total. The molecule has 3 aliphatic heterocycles. The van der Waals surface area contributed by atoms with Crippen molar-refractivity contribution >= 4 is 17.0 Å². The summed E-state index contributed by atoms with van der Waals surface area (Å²) in [6.45, 7) is 5.92. The smallest absolute Gasteiger partial charge is 0.121 e. The average molecular weight is 621 g/mol. The molecule has 1 aliphatic carbocycles. The normalized spacial score (nSPS) is 26.8. The number of aliphatic hydroxyl groups excluding tert-OH is 2. The Hall–Kier alpha value is -1.52. The minimum absolute atomic E-state index is 0. The quantitative estimate of drug-likeness (QED) is 0.170. The molecule has 0 radical (unpaired) electrons. The highest BCUT2D eigenvalue weighted by atomic mass is 79.9. The predicted molar refractivity (Wildman–Crippen MR) is 161 cm³/mol. The number of benzene rings is 2. The molecule has 2 bridgehead atoms. The number of rotatable bonds is 13. The molecule has 4 fully saturated rings. The van der Waals surface area contributed by atoms with E-state index in [9.17, 15) is 20.4 Å². The van der Waals surface area contributed by atoms with Crippen molar-refractivity contribution in [2.45, 2.75) is 69.4 Å². The van der Waals surface area contributed by atoms with Crippen LogP contribution >= 0.6 is 17.0 Å². The van der Waals surface area contributed by atoms with E-state index in [-0.39, 0.29) is 41.4 Å². The molecule has 0 aromatic heterocycles. The van der Waals surface area contributed by atoms with E-state index in [4.69, 9.17) is 4.74 Å². The van der Waals surface area contributed by atoms with E-state index in [1.54, 1.807) is 12.1 Å². The monoisotopic (exact) mass is 619 g/mol. The molecular formula is C32H48BrN2O5+. The number of fused-ring (bicyclic) bond motifs is 3. The van der Waals surface area contributed by atoms with Gasteiger partial charge in [-0.15, -0.1) is 17.0 Å². The highest BCUT2D eigenvalue weighted by molar-refractivity contribution is 8.93. The van der Waals surface area contributed by atoms with Gasteiger partial charge in [0.15, 0.2) is 0 Å². The van der Waals surface area contributed by atoms with E-state index in [1.165, 1.54) is 44.8 Å². The first kappa shape index (κ1) is 31.4. The molecule has 3 heterocycles. The zero-order valence-electron chi connectivity index (χ0n) is 23.6. The topological polar surface area (TPSA) is 102 Å². The summed E-state index contributed by atoms with van der Waals surface area (Å²) >= 11 is 0. The minimum atomic E-state index is -0.908. The van der Waals surface area contributed by atoms with Crippen LogP contribution in [-0.2, 0) is 16.9 Å². The fraction of sp³-hybridized carbons (Fsp3) is 0.625. The molecule has 0 amide bonds. The predicted octanol–water partition coefficient (Wildman–Crippen LogP) is 4.18. The van der Waals surface area contributed by atoms with Crippen LogP contribution in [0.25, 0.3) is 0 Å². The molecule has 1 saturated carbocycles. The average Bonchev–Trinajstić information content (AvgIpc) is 3.53. The van der Waals surface area contributed by atoms with Crippen molar-refractivity contribution < 1.29 is 29.6 Å². The second-order valence-electron chi connectivity index (χ2n) is 12.3. The molecule has 3 atom stereocenters. The van der Waals surface area contributed by atoms with Crippen LogP contribution in [0.4, 0.5) is 0 Å². The highest BCUT2D eigenvalue weighted by Crippen LogP contribution is 2.42. The molecule has 40 heavy (non-hydrogen) atoms. The molecule has 7 nitrogen and oxygen atoms in total. The summed E-state index contributed by atoms with van der Waals surface area (Å²) in [6, 6.07) is 15.0. The Morgan fingerprint density at radius 2 is 1.75 bits per heavy atom. The first-order valence-corrected chi connectivity index (χ1v) is 15.0. The number of aromatic hydroxyl groups is 1. The number of nitrogens with zero attached hydrogens (tertiary/aromatic N) is 1. The first-order valence-electron chi connectivity index (χ1n) is 15.0. The van der Waals surface area contributed by atoms with E-state index in [0.717, 1.165) is 48.9 Å². The number of nitrogens with one attached hydrogen (secondary N) is 1. The molecule has 4 aliphatic rings. The Labute approximate surface area is 249 Å². The van der Waals surface area contributed by atoms with Gasteiger partial charge in [0, 0.05) is 43.8 Å². The summed E-state index contributed by atoms with van der Waals surface area (Å²) in [5.74, 6) is 0.907. The maximum atomic E-state index is 11.9. The van der Waals surface area contributed by atoms with Gasteiger partial charge in [0.25, 0.3) is 0 Å². The third-order valence-corrected chi connectivity index (χ3v) is 9.85. The van der Waals surface area contributed by atoms with Gasteiger partial charge in [0.1, 0.15) is 24.0 Å². The van der Waals surface area contributed by atoms with Crippen molar-refractivity contribution in [2.24, 2.45) is 11.8 Å². The van der Waals surface area contributed by atoms with E-state index < -0.39 is 11.7 Å². The van der Waals surface area contributed by atoms with Gasteiger partial charge < -0.3 is 35.0 Å². The first-order chi connectivity index (χ1) is 18.9. The maximum absolute atomic E-state index is 11.9. The van der Waals surface area contributed by atoms with Crippen molar-refractivity contribution in [3.8, 4) is 5.75 Å². The fourth-order valence-corrected chi connectivity index (χ4v) is 7.36. The molecule has 222 valence electrons. The van der Waals surface area contributed by atoms with Gasteiger partial charge in [0.2, 0.25) is 0 Å². The van der Waals surface area contributed by atoms with Gasteiger partial charge in [0.05, 0.1) is 39.0 Å². The van der Waals surface area contributed by atoms with Crippen molar-refractivity contribution in [1.29, 1.82) is 0 Å². The van der Waals surface area contributed by atoms with Crippen LogP contribution in [0.15, 0.2) is 48.5 Å². The van der Waals surface area contributed by atoms with Gasteiger partial charge in [-0.1, -0.05) is 49.2 Å². The van der Waals surface area contributed by atoms with Gasteiger partial charge in [-0.25, -0.2) is 0 Å². The molecule has 0 spiro atoms. The van der Waals surface area contributed by atoms with E-state index in [2.05, 4.69) is 17.4 Å². The number of halogens is 1. The number of phenols is 1. The summed E-state index contributed by atoms with van der Waals surface area (Å²) < 4.78 is 7.75. The van der Waals surface area contributed by atoms with E-state index in [1.807, 2.05) is 18.2 Å². The van der Waals surface area contributed by atoms with Crippen LogP contribution in [0.2, 0.25) is 0 Å². The minimum Gasteiger partial charge on any atom is -0.508 e.